The molecule has 6 aromatic rings. The number of anilines is 3. The number of para-hydroxylation sites is 1. The second kappa shape index (κ2) is 16.1. The van der Waals surface area contributed by atoms with Gasteiger partial charge in [0.2, 0.25) is 11.8 Å². The largest absolute Gasteiger partial charge is 0.508 e. The highest BCUT2D eigenvalue weighted by atomic mass is 16.3. The Hall–Kier alpha value is -7.39. The molecule has 4 aromatic carbocycles. The Balaban J connectivity index is 1.11. The first-order valence-electron chi connectivity index (χ1n) is 21.4. The molecular weight excluding hydrogens is 791 g/mol. The molecule has 1 N–H and O–H groups in total. The van der Waals surface area contributed by atoms with Crippen molar-refractivity contribution in [3.05, 3.63) is 154 Å². The summed E-state index contributed by atoms with van der Waals surface area (Å²) in [5.41, 5.74) is 9.98. The molecule has 0 spiro atoms. The summed E-state index contributed by atoms with van der Waals surface area (Å²) in [6, 6.07) is 33.6. The molecule has 2 atom stereocenters. The first-order chi connectivity index (χ1) is 30.3. The second-order valence-electron chi connectivity index (χ2n) is 17.0. The van der Waals surface area contributed by atoms with Crippen LogP contribution in [0.4, 0.5) is 17.1 Å². The number of nitriles is 1. The molecule has 12 heteroatoms. The number of aromatic hydroxyl groups is 1. The lowest BCUT2D eigenvalue weighted by molar-refractivity contribution is -0.140. The van der Waals surface area contributed by atoms with Gasteiger partial charge >= 0.3 is 0 Å². The first-order valence-corrected chi connectivity index (χ1v) is 21.4. The minimum Gasteiger partial charge on any atom is -0.508 e. The standard InChI is InChI=1S/C51H49N7O5/c1-31-23-34-11-9-10-12-36(34)30-57(31)50(62)45-25-37-29-55(48(60)42-20-22-56(49(42)61)38-13-7-6-8-14-38)21-19-35(37)24-44(45)47-27-43(32(2)54(47)5)51(63)58(39-15-17-41(59)18-16-39)46-26-40(28-52)53(4)33(46)3/h6-18,24-27,31,42,59H,19-23,29-30H2,1-5H3/t31-,42?/m1/s1. The molecule has 0 bridgehead atoms. The number of hydrogen-bond acceptors (Lipinski definition) is 6. The van der Waals surface area contributed by atoms with Crippen LogP contribution in [0.15, 0.2) is 103 Å². The van der Waals surface area contributed by atoms with E-state index in [9.17, 15) is 20.0 Å². The van der Waals surface area contributed by atoms with E-state index in [1.54, 1.807) is 44.5 Å². The third-order valence-corrected chi connectivity index (χ3v) is 13.4. The fourth-order valence-corrected chi connectivity index (χ4v) is 9.56. The second-order valence-corrected chi connectivity index (χ2v) is 17.0. The fraction of sp³-hybridized carbons (Fsp3) is 0.275. The Kier molecular flexibility index (Phi) is 10.5. The van der Waals surface area contributed by atoms with Gasteiger partial charge in [-0.3, -0.25) is 24.1 Å². The fourth-order valence-electron chi connectivity index (χ4n) is 9.56. The summed E-state index contributed by atoms with van der Waals surface area (Å²) in [5.74, 6) is -1.59. The summed E-state index contributed by atoms with van der Waals surface area (Å²) < 4.78 is 3.68. The number of nitrogens with zero attached hydrogens (tertiary/aromatic N) is 7. The van der Waals surface area contributed by atoms with Gasteiger partial charge in [0.1, 0.15) is 23.4 Å². The number of phenols is 1. The molecule has 2 aromatic heterocycles. The van der Waals surface area contributed by atoms with Crippen molar-refractivity contribution in [2.75, 3.05) is 22.9 Å². The lowest BCUT2D eigenvalue weighted by atomic mass is 9.89. The maximum Gasteiger partial charge on any atom is 0.264 e. The normalized spacial score (nSPS) is 17.0. The van der Waals surface area contributed by atoms with Crippen LogP contribution in [-0.4, -0.2) is 66.8 Å². The van der Waals surface area contributed by atoms with Gasteiger partial charge in [0, 0.05) is 85.9 Å². The Bertz CT molecular complexity index is 2870. The summed E-state index contributed by atoms with van der Waals surface area (Å²) >= 11 is 0. The number of benzene rings is 4. The monoisotopic (exact) mass is 839 g/mol. The van der Waals surface area contributed by atoms with Crippen molar-refractivity contribution in [2.45, 2.75) is 59.2 Å². The van der Waals surface area contributed by atoms with E-state index in [2.05, 4.69) is 25.1 Å². The maximum absolute atomic E-state index is 15.1. The molecule has 0 aliphatic carbocycles. The number of hydrogen-bond donors (Lipinski definition) is 1. The van der Waals surface area contributed by atoms with Crippen molar-refractivity contribution in [3.8, 4) is 23.1 Å². The van der Waals surface area contributed by atoms with E-state index in [0.29, 0.717) is 89.7 Å². The van der Waals surface area contributed by atoms with Crippen LogP contribution in [0.5, 0.6) is 5.75 Å². The van der Waals surface area contributed by atoms with Crippen LogP contribution in [0.2, 0.25) is 0 Å². The third-order valence-electron chi connectivity index (χ3n) is 13.4. The lowest BCUT2D eigenvalue weighted by Crippen LogP contribution is -2.43. The van der Waals surface area contributed by atoms with E-state index in [0.717, 1.165) is 22.4 Å². The van der Waals surface area contributed by atoms with Crippen LogP contribution < -0.4 is 9.80 Å². The number of phenolic OH excluding ortho intramolecular Hbond substituents is 1. The molecular formula is C51H49N7O5. The van der Waals surface area contributed by atoms with E-state index in [1.807, 2.05) is 91.0 Å². The van der Waals surface area contributed by atoms with Gasteiger partial charge in [0.05, 0.1) is 11.3 Å². The molecule has 3 aliphatic rings. The van der Waals surface area contributed by atoms with Crippen molar-refractivity contribution in [1.82, 2.24) is 18.9 Å². The molecule has 1 fully saturated rings. The molecule has 0 saturated carbocycles. The van der Waals surface area contributed by atoms with Crippen LogP contribution in [0.3, 0.4) is 0 Å². The highest BCUT2D eigenvalue weighted by Gasteiger charge is 2.41. The van der Waals surface area contributed by atoms with E-state index < -0.39 is 5.92 Å². The quantitative estimate of drug-likeness (QED) is 0.164. The molecule has 63 heavy (non-hydrogen) atoms. The number of fused-ring (bicyclic) bond motifs is 2. The smallest absolute Gasteiger partial charge is 0.264 e. The van der Waals surface area contributed by atoms with Gasteiger partial charge in [0.25, 0.3) is 11.8 Å². The third kappa shape index (κ3) is 7.13. The summed E-state index contributed by atoms with van der Waals surface area (Å²) in [6.45, 7) is 7.40. The van der Waals surface area contributed by atoms with Gasteiger partial charge in [-0.15, -0.1) is 0 Å². The number of carbonyl (C=O) groups excluding carboxylic acids is 4. The van der Waals surface area contributed by atoms with Gasteiger partial charge in [-0.1, -0.05) is 42.5 Å². The highest BCUT2D eigenvalue weighted by molar-refractivity contribution is 6.13. The van der Waals surface area contributed by atoms with Gasteiger partial charge in [0.15, 0.2) is 0 Å². The Labute approximate surface area is 366 Å². The van der Waals surface area contributed by atoms with Crippen molar-refractivity contribution in [3.63, 3.8) is 0 Å². The highest BCUT2D eigenvalue weighted by Crippen LogP contribution is 2.39. The average molecular weight is 840 g/mol. The van der Waals surface area contributed by atoms with Crippen LogP contribution in [-0.2, 0) is 49.6 Å². The Morgan fingerprint density at radius 3 is 2.21 bits per heavy atom. The number of aromatic nitrogens is 2. The van der Waals surface area contributed by atoms with Gasteiger partial charge in [-0.2, -0.15) is 5.26 Å². The zero-order chi connectivity index (χ0) is 44.3. The van der Waals surface area contributed by atoms with Crippen molar-refractivity contribution in [1.29, 1.82) is 5.26 Å². The van der Waals surface area contributed by atoms with Crippen molar-refractivity contribution in [2.24, 2.45) is 20.0 Å². The Morgan fingerprint density at radius 1 is 0.778 bits per heavy atom. The number of rotatable bonds is 7. The predicted molar refractivity (Wildman–Crippen MR) is 241 cm³/mol. The number of amides is 4. The zero-order valence-electron chi connectivity index (χ0n) is 36.1. The topological polar surface area (TPSA) is 135 Å². The first kappa shape index (κ1) is 41.0. The van der Waals surface area contributed by atoms with Gasteiger partial charge in [-0.25, -0.2) is 0 Å². The molecule has 1 unspecified atom stereocenters. The molecule has 5 heterocycles. The maximum atomic E-state index is 15.1. The van der Waals surface area contributed by atoms with Crippen LogP contribution >= 0.6 is 0 Å². The minimum atomic E-state index is -0.768. The van der Waals surface area contributed by atoms with E-state index in [-0.39, 0.29) is 42.0 Å². The van der Waals surface area contributed by atoms with Crippen LogP contribution in [0.25, 0.3) is 11.3 Å². The summed E-state index contributed by atoms with van der Waals surface area (Å²) in [6.07, 6.45) is 1.67. The van der Waals surface area contributed by atoms with Gasteiger partial charge < -0.3 is 28.9 Å². The molecule has 9 rings (SSSR count). The van der Waals surface area contributed by atoms with E-state index in [4.69, 9.17) is 0 Å². The lowest BCUT2D eigenvalue weighted by Gasteiger charge is -2.36. The predicted octanol–water partition coefficient (Wildman–Crippen LogP) is 7.73. The number of carbonyl (C=O) groups is 4. The molecule has 318 valence electrons. The summed E-state index contributed by atoms with van der Waals surface area (Å²) in [5, 5.41) is 20.1. The Morgan fingerprint density at radius 2 is 1.49 bits per heavy atom. The van der Waals surface area contributed by atoms with Crippen LogP contribution in [0, 0.1) is 31.1 Å². The average Bonchev–Trinajstić information content (AvgIpc) is 3.93. The summed E-state index contributed by atoms with van der Waals surface area (Å²) in [7, 11) is 3.67. The molecule has 3 aliphatic heterocycles. The van der Waals surface area contributed by atoms with Crippen molar-refractivity contribution >= 4 is 40.7 Å². The minimum absolute atomic E-state index is 0.0529. The van der Waals surface area contributed by atoms with E-state index >= 15 is 9.59 Å². The van der Waals surface area contributed by atoms with Crippen molar-refractivity contribution < 1.29 is 24.3 Å². The molecule has 0 radical (unpaired) electrons. The molecule has 4 amide bonds. The van der Waals surface area contributed by atoms with E-state index in [1.165, 1.54) is 17.7 Å². The zero-order valence-corrected chi connectivity index (χ0v) is 36.1. The van der Waals surface area contributed by atoms with Crippen LogP contribution in [0.1, 0.15) is 73.4 Å². The molecule has 12 nitrogen and oxygen atoms in total. The SMILES string of the molecule is Cc1c(N(C(=O)c2cc(-c3cc4c(cc3C(=O)N3Cc5ccccc5C[C@H]3C)CN(C(=O)C3CCN(c5ccccc5)C3=O)CC4)n(C)c2C)c2ccc(O)cc2)cc(C#N)n1C. The van der Waals surface area contributed by atoms with Gasteiger partial charge in [-0.05, 0) is 123 Å². The summed E-state index contributed by atoms with van der Waals surface area (Å²) in [4.78, 5) is 64.8. The molecule has 1 saturated heterocycles.